The van der Waals surface area contributed by atoms with Crippen molar-refractivity contribution in [2.24, 2.45) is 0 Å². The molecule has 8 atom stereocenters. The number of aliphatic hydroxyl groups excluding tert-OH is 2. The molecule has 2 N–H and O–H groups in total. The molecule has 2 heterocycles. The molecule has 0 bridgehead atoms. The van der Waals surface area contributed by atoms with Crippen LogP contribution in [0.4, 0.5) is 0 Å². The van der Waals surface area contributed by atoms with Crippen LogP contribution in [0.5, 0.6) is 0 Å². The Hall–Kier alpha value is -1.56. The van der Waals surface area contributed by atoms with E-state index in [2.05, 4.69) is 0 Å². The van der Waals surface area contributed by atoms with E-state index >= 15 is 0 Å². The van der Waals surface area contributed by atoms with E-state index in [4.69, 9.17) is 28.4 Å². The van der Waals surface area contributed by atoms with Crippen molar-refractivity contribution in [1.29, 1.82) is 0 Å². The van der Waals surface area contributed by atoms with Gasteiger partial charge in [-0.2, -0.15) is 0 Å². The van der Waals surface area contributed by atoms with Crippen LogP contribution in [0.2, 0.25) is 0 Å². The van der Waals surface area contributed by atoms with Crippen LogP contribution in [0.25, 0.3) is 0 Å². The third-order valence-electron chi connectivity index (χ3n) is 4.58. The smallest absolute Gasteiger partial charge is 0.303 e. The molecule has 0 radical (unpaired) electrons. The van der Waals surface area contributed by atoms with Crippen molar-refractivity contribution < 1.29 is 48.2 Å². The first-order chi connectivity index (χ1) is 13.3. The van der Waals surface area contributed by atoms with Gasteiger partial charge in [0.15, 0.2) is 18.7 Å². The summed E-state index contributed by atoms with van der Waals surface area (Å²) in [5.74, 6) is -1.07. The second-order valence-electron chi connectivity index (χ2n) is 6.65. The fourth-order valence-electron chi connectivity index (χ4n) is 3.29. The van der Waals surface area contributed by atoms with Crippen LogP contribution in [0, 0.1) is 0 Å². The summed E-state index contributed by atoms with van der Waals surface area (Å²) in [4.78, 5) is 22.8. The molecule has 0 saturated carbocycles. The molecule has 0 spiro atoms. The van der Waals surface area contributed by atoms with Gasteiger partial charge in [-0.25, -0.2) is 0 Å². The molecule has 0 aromatic rings. The van der Waals surface area contributed by atoms with E-state index in [-0.39, 0.29) is 6.42 Å². The molecule has 0 amide bonds. The highest BCUT2D eigenvalue weighted by molar-refractivity contribution is 5.66. The highest BCUT2D eigenvalue weighted by atomic mass is 16.7. The zero-order valence-corrected chi connectivity index (χ0v) is 16.3. The zero-order valence-electron chi connectivity index (χ0n) is 16.3. The summed E-state index contributed by atoms with van der Waals surface area (Å²) in [6, 6.07) is 0. The molecule has 0 unspecified atom stereocenters. The van der Waals surface area contributed by atoms with Crippen molar-refractivity contribution >= 4 is 11.9 Å². The van der Waals surface area contributed by atoms with Crippen LogP contribution < -0.4 is 0 Å². The minimum absolute atomic E-state index is 0.272. The molecular weight excluding hydrogens is 376 g/mol. The molecule has 0 aromatic carbocycles. The van der Waals surface area contributed by atoms with Gasteiger partial charge in [0.1, 0.15) is 30.5 Å². The Labute approximate surface area is 163 Å². The number of carbonyl (C=O) groups excluding carboxylic acids is 2. The monoisotopic (exact) mass is 404 g/mol. The highest BCUT2D eigenvalue weighted by Crippen LogP contribution is 2.29. The molecule has 28 heavy (non-hydrogen) atoms. The standard InChI is InChI=1S/C18H28O10/c1-9(19)25-11-7-8-14(23-3)27-12(11)5-6-13-17(26-10(2)20)15(21)16(22)18(24-4)28-13/h7-8,11-18,21-22H,5-6H2,1-4H3/t11-,12-,13+,14+,15+,16-,17-,18-/m1/s1. The summed E-state index contributed by atoms with van der Waals surface area (Å²) < 4.78 is 32.1. The summed E-state index contributed by atoms with van der Waals surface area (Å²) in [6.07, 6.45) is -3.47. The maximum atomic E-state index is 11.4. The number of carbonyl (C=O) groups is 2. The molecule has 2 aliphatic heterocycles. The van der Waals surface area contributed by atoms with Crippen molar-refractivity contribution in [3.63, 3.8) is 0 Å². The molecule has 160 valence electrons. The van der Waals surface area contributed by atoms with Gasteiger partial charge in [-0.15, -0.1) is 0 Å². The maximum Gasteiger partial charge on any atom is 0.303 e. The van der Waals surface area contributed by atoms with Crippen LogP contribution >= 0.6 is 0 Å². The second-order valence-corrected chi connectivity index (χ2v) is 6.65. The lowest BCUT2D eigenvalue weighted by atomic mass is 9.93. The van der Waals surface area contributed by atoms with Gasteiger partial charge < -0.3 is 38.6 Å². The lowest BCUT2D eigenvalue weighted by molar-refractivity contribution is -0.294. The van der Waals surface area contributed by atoms with Crippen LogP contribution in [-0.4, -0.2) is 85.6 Å². The first-order valence-electron chi connectivity index (χ1n) is 9.02. The SMILES string of the molecule is CO[C@@H]1C=C[C@@H](OC(C)=O)[C@@H](CC[C@@H]2O[C@@H](OC)[C@H](O)[C@H](O)[C@@H]2OC(C)=O)O1. The first kappa shape index (κ1) is 22.7. The number of hydrogen-bond acceptors (Lipinski definition) is 10. The molecule has 1 fully saturated rings. The molecule has 10 nitrogen and oxygen atoms in total. The van der Waals surface area contributed by atoms with E-state index in [0.29, 0.717) is 6.42 Å². The third-order valence-corrected chi connectivity index (χ3v) is 4.58. The van der Waals surface area contributed by atoms with Crippen LogP contribution in [0.15, 0.2) is 12.2 Å². The number of rotatable bonds is 7. The maximum absolute atomic E-state index is 11.4. The first-order valence-corrected chi connectivity index (χ1v) is 9.02. The molecule has 10 heteroatoms. The largest absolute Gasteiger partial charge is 0.457 e. The van der Waals surface area contributed by atoms with Gasteiger partial charge in [-0.05, 0) is 25.0 Å². The predicted molar refractivity (Wildman–Crippen MR) is 92.8 cm³/mol. The van der Waals surface area contributed by atoms with Crippen molar-refractivity contribution in [2.75, 3.05) is 14.2 Å². The van der Waals surface area contributed by atoms with Crippen molar-refractivity contribution in [1.82, 2.24) is 0 Å². The fraction of sp³-hybridized carbons (Fsp3) is 0.778. The molecular formula is C18H28O10. The number of esters is 2. The Morgan fingerprint density at radius 3 is 2.11 bits per heavy atom. The third kappa shape index (κ3) is 5.72. The van der Waals surface area contributed by atoms with Crippen molar-refractivity contribution in [3.05, 3.63) is 12.2 Å². The predicted octanol–water partition coefficient (Wildman–Crippen LogP) is -0.349. The lowest BCUT2D eigenvalue weighted by Gasteiger charge is -2.42. The average Bonchev–Trinajstić information content (AvgIpc) is 2.65. The summed E-state index contributed by atoms with van der Waals surface area (Å²) in [5, 5.41) is 20.4. The molecule has 2 rings (SSSR count). The van der Waals surface area contributed by atoms with E-state index in [9.17, 15) is 19.8 Å². The van der Waals surface area contributed by atoms with Crippen LogP contribution in [-0.2, 0) is 38.0 Å². The Morgan fingerprint density at radius 2 is 1.54 bits per heavy atom. The Bertz CT molecular complexity index is 565. The number of ether oxygens (including phenoxy) is 6. The van der Waals surface area contributed by atoms with Gasteiger partial charge >= 0.3 is 11.9 Å². The normalized spacial score (nSPS) is 38.1. The van der Waals surface area contributed by atoms with Gasteiger partial charge in [0.05, 0.1) is 0 Å². The minimum atomic E-state index is -1.38. The van der Waals surface area contributed by atoms with E-state index in [1.54, 1.807) is 12.2 Å². The molecule has 1 saturated heterocycles. The topological polar surface area (TPSA) is 130 Å². The summed E-state index contributed by atoms with van der Waals surface area (Å²) in [5.41, 5.74) is 0. The number of aliphatic hydroxyl groups is 2. The van der Waals surface area contributed by atoms with E-state index < -0.39 is 61.1 Å². The number of methoxy groups -OCH3 is 2. The van der Waals surface area contributed by atoms with Crippen LogP contribution in [0.3, 0.4) is 0 Å². The Morgan fingerprint density at radius 1 is 0.893 bits per heavy atom. The summed E-state index contributed by atoms with van der Waals surface area (Å²) >= 11 is 0. The summed E-state index contributed by atoms with van der Waals surface area (Å²) in [6.45, 7) is 2.50. The van der Waals surface area contributed by atoms with Crippen molar-refractivity contribution in [3.8, 4) is 0 Å². The fourth-order valence-corrected chi connectivity index (χ4v) is 3.29. The van der Waals surface area contributed by atoms with Gasteiger partial charge in [0.25, 0.3) is 0 Å². The van der Waals surface area contributed by atoms with E-state index in [1.165, 1.54) is 28.1 Å². The second kappa shape index (κ2) is 10.3. The van der Waals surface area contributed by atoms with Crippen LogP contribution in [0.1, 0.15) is 26.7 Å². The summed E-state index contributed by atoms with van der Waals surface area (Å²) in [7, 11) is 2.82. The van der Waals surface area contributed by atoms with Gasteiger partial charge in [-0.3, -0.25) is 9.59 Å². The number of hydrogen-bond donors (Lipinski definition) is 2. The van der Waals surface area contributed by atoms with E-state index in [0.717, 1.165) is 0 Å². The average molecular weight is 404 g/mol. The lowest BCUT2D eigenvalue weighted by Crippen LogP contribution is -2.59. The van der Waals surface area contributed by atoms with Gasteiger partial charge in [0.2, 0.25) is 0 Å². The van der Waals surface area contributed by atoms with E-state index in [1.807, 2.05) is 0 Å². The molecule has 0 aliphatic carbocycles. The quantitative estimate of drug-likeness (QED) is 0.429. The minimum Gasteiger partial charge on any atom is -0.457 e. The van der Waals surface area contributed by atoms with Crippen molar-refractivity contribution in [2.45, 2.75) is 75.9 Å². The zero-order chi connectivity index (χ0) is 20.8. The van der Waals surface area contributed by atoms with Gasteiger partial charge in [-0.1, -0.05) is 0 Å². The van der Waals surface area contributed by atoms with Gasteiger partial charge in [0, 0.05) is 28.1 Å². The molecule has 2 aliphatic rings. The molecule has 0 aromatic heterocycles. The Kier molecular flexibility index (Phi) is 8.35. The Balaban J connectivity index is 2.09. The highest BCUT2D eigenvalue weighted by Gasteiger charge is 2.47.